The smallest absolute Gasteiger partial charge is 0.243 e. The lowest BCUT2D eigenvalue weighted by molar-refractivity contribution is 0.103. The second kappa shape index (κ2) is 10.2. The minimum atomic E-state index is -3.93. The number of benzene rings is 1. The molecule has 1 saturated heterocycles. The largest absolute Gasteiger partial charge is 0.494 e. The minimum absolute atomic E-state index is 0.0159. The summed E-state index contributed by atoms with van der Waals surface area (Å²) in [4.78, 5) is 8.60. The van der Waals surface area contributed by atoms with Crippen LogP contribution in [0, 0.1) is 6.92 Å². The van der Waals surface area contributed by atoms with Crippen LogP contribution in [0.15, 0.2) is 30.6 Å². The van der Waals surface area contributed by atoms with Gasteiger partial charge in [0.1, 0.15) is 29.1 Å². The molecule has 2 aromatic heterocycles. The number of nitrogens with zero attached hydrogens (tertiary/aromatic N) is 5. The van der Waals surface area contributed by atoms with Crippen LogP contribution in [0.4, 0.5) is 5.95 Å². The van der Waals surface area contributed by atoms with Crippen LogP contribution in [0.1, 0.15) is 55.9 Å². The normalized spacial score (nSPS) is 17.7. The van der Waals surface area contributed by atoms with Crippen LogP contribution in [-0.4, -0.2) is 59.2 Å². The molecule has 1 N–H and O–H groups in total. The molecule has 1 fully saturated rings. The van der Waals surface area contributed by atoms with Crippen LogP contribution in [-0.2, 0) is 14.8 Å². The van der Waals surface area contributed by atoms with E-state index < -0.39 is 21.2 Å². The van der Waals surface area contributed by atoms with Gasteiger partial charge in [-0.05, 0) is 44.4 Å². The highest BCUT2D eigenvalue weighted by Crippen LogP contribution is 2.39. The maximum atomic E-state index is 13.5. The van der Waals surface area contributed by atoms with Crippen molar-refractivity contribution >= 4 is 16.0 Å². The van der Waals surface area contributed by atoms with E-state index in [-0.39, 0.29) is 12.1 Å². The van der Waals surface area contributed by atoms with Crippen molar-refractivity contribution < 1.29 is 22.6 Å². The number of ether oxygens (including phenoxy) is 3. The molecule has 0 bridgehead atoms. The summed E-state index contributed by atoms with van der Waals surface area (Å²) in [6, 6.07) is 5.30. The molecule has 0 amide bonds. The van der Waals surface area contributed by atoms with E-state index in [1.54, 1.807) is 49.0 Å². The molecule has 3 aromatic rings. The number of methoxy groups -OCH3 is 2. The molecule has 1 aromatic carbocycles. The van der Waals surface area contributed by atoms with Gasteiger partial charge in [-0.1, -0.05) is 13.0 Å². The number of anilines is 1. The van der Waals surface area contributed by atoms with Gasteiger partial charge < -0.3 is 14.2 Å². The highest BCUT2D eigenvalue weighted by Gasteiger charge is 2.34. The summed E-state index contributed by atoms with van der Waals surface area (Å²) < 4.78 is 48.2. The number of aryl methyl sites for hydroxylation is 1. The van der Waals surface area contributed by atoms with E-state index in [0.717, 1.165) is 18.4 Å². The number of para-hydroxylation sites is 1. The Morgan fingerprint density at radius 2 is 1.77 bits per heavy atom. The van der Waals surface area contributed by atoms with E-state index in [1.807, 2.05) is 6.92 Å². The molecule has 12 heteroatoms. The van der Waals surface area contributed by atoms with Crippen molar-refractivity contribution in [1.29, 1.82) is 0 Å². The lowest BCUT2D eigenvalue weighted by atomic mass is 10.1. The van der Waals surface area contributed by atoms with E-state index in [0.29, 0.717) is 35.4 Å². The molecule has 0 aliphatic carbocycles. The molecule has 3 heterocycles. The average molecular weight is 503 g/mol. The van der Waals surface area contributed by atoms with Gasteiger partial charge in [0.2, 0.25) is 16.0 Å². The summed E-state index contributed by atoms with van der Waals surface area (Å²) in [5.41, 5.74) is 1.38. The Balaban J connectivity index is 1.76. The van der Waals surface area contributed by atoms with Crippen LogP contribution in [0.25, 0.3) is 5.69 Å². The monoisotopic (exact) mass is 502 g/mol. The van der Waals surface area contributed by atoms with Crippen molar-refractivity contribution in [3.05, 3.63) is 47.8 Å². The maximum Gasteiger partial charge on any atom is 0.243 e. The molecule has 11 nitrogen and oxygen atoms in total. The van der Waals surface area contributed by atoms with Gasteiger partial charge in [0.05, 0.1) is 19.5 Å². The van der Waals surface area contributed by atoms with E-state index in [1.165, 1.54) is 14.2 Å². The Kier molecular flexibility index (Phi) is 7.22. The minimum Gasteiger partial charge on any atom is -0.494 e. The van der Waals surface area contributed by atoms with Crippen LogP contribution >= 0.6 is 0 Å². The summed E-state index contributed by atoms with van der Waals surface area (Å²) in [5.74, 6) is 1.40. The predicted molar refractivity (Wildman–Crippen MR) is 130 cm³/mol. The number of sulfonamides is 1. The van der Waals surface area contributed by atoms with Crippen LogP contribution in [0.2, 0.25) is 0 Å². The zero-order valence-electron chi connectivity index (χ0n) is 20.4. The number of hydrogen-bond donors (Lipinski definition) is 1. The van der Waals surface area contributed by atoms with Crippen LogP contribution in [0.3, 0.4) is 0 Å². The summed E-state index contributed by atoms with van der Waals surface area (Å²) in [7, 11) is -0.864. The second-order valence-corrected chi connectivity index (χ2v) is 10.5. The summed E-state index contributed by atoms with van der Waals surface area (Å²) >= 11 is 0. The van der Waals surface area contributed by atoms with Gasteiger partial charge >= 0.3 is 0 Å². The molecule has 4 rings (SSSR count). The highest BCUT2D eigenvalue weighted by molar-refractivity contribution is 7.93. The van der Waals surface area contributed by atoms with Crippen LogP contribution in [0.5, 0.6) is 11.5 Å². The van der Waals surface area contributed by atoms with Crippen LogP contribution < -0.4 is 14.2 Å². The standard InChI is InChI=1S/C23H30N6O5S/c1-14-12-24-21(25-13-14)15(2)16(3)35(30,31)28-23-27-26-22(19-10-7-11-34-19)29(23)20-17(32-4)8-6-9-18(20)33-5/h6,8-9,12-13,15-16,19H,7,10-11H2,1-5H3,(H,27,28)/t15?,16?,19-/m1/s1. The van der Waals surface area contributed by atoms with Gasteiger partial charge in [-0.25, -0.2) is 18.4 Å². The van der Waals surface area contributed by atoms with Crippen molar-refractivity contribution in [2.45, 2.75) is 50.9 Å². The number of rotatable bonds is 9. The third kappa shape index (κ3) is 4.94. The van der Waals surface area contributed by atoms with Crippen molar-refractivity contribution in [2.24, 2.45) is 0 Å². The maximum absolute atomic E-state index is 13.5. The fourth-order valence-corrected chi connectivity index (χ4v) is 5.19. The van der Waals surface area contributed by atoms with Gasteiger partial charge in [0.25, 0.3) is 0 Å². The number of aromatic nitrogens is 5. The third-order valence-corrected chi connectivity index (χ3v) is 8.02. The topological polar surface area (TPSA) is 130 Å². The molecule has 2 unspecified atom stereocenters. The van der Waals surface area contributed by atoms with Gasteiger partial charge in [-0.15, -0.1) is 10.2 Å². The first-order chi connectivity index (χ1) is 16.8. The first-order valence-corrected chi connectivity index (χ1v) is 12.9. The zero-order chi connectivity index (χ0) is 25.2. The average Bonchev–Trinajstić information content (AvgIpc) is 3.52. The summed E-state index contributed by atoms with van der Waals surface area (Å²) in [6.07, 6.45) is 4.61. The van der Waals surface area contributed by atoms with Gasteiger partial charge in [0, 0.05) is 24.9 Å². The molecule has 0 radical (unpaired) electrons. The van der Waals surface area contributed by atoms with E-state index >= 15 is 0 Å². The Labute approximate surface area is 204 Å². The van der Waals surface area contributed by atoms with Gasteiger partial charge in [0.15, 0.2) is 5.82 Å². The molecular weight excluding hydrogens is 472 g/mol. The van der Waals surface area contributed by atoms with E-state index in [9.17, 15) is 8.42 Å². The molecular formula is C23H30N6O5S. The van der Waals surface area contributed by atoms with Gasteiger partial charge in [-0.2, -0.15) is 0 Å². The fraction of sp³-hybridized carbons (Fsp3) is 0.478. The van der Waals surface area contributed by atoms with Crippen molar-refractivity contribution in [3.63, 3.8) is 0 Å². The van der Waals surface area contributed by atoms with E-state index in [2.05, 4.69) is 24.9 Å². The lowest BCUT2D eigenvalue weighted by Crippen LogP contribution is -2.31. The molecule has 35 heavy (non-hydrogen) atoms. The molecule has 1 aliphatic heterocycles. The number of hydrogen-bond acceptors (Lipinski definition) is 9. The fourth-order valence-electron chi connectivity index (χ4n) is 3.96. The van der Waals surface area contributed by atoms with E-state index in [4.69, 9.17) is 14.2 Å². The Hall–Kier alpha value is -3.25. The quantitative estimate of drug-likeness (QED) is 0.469. The lowest BCUT2D eigenvalue weighted by Gasteiger charge is -2.22. The predicted octanol–water partition coefficient (Wildman–Crippen LogP) is 3.17. The second-order valence-electron chi connectivity index (χ2n) is 8.49. The summed E-state index contributed by atoms with van der Waals surface area (Å²) in [5, 5.41) is 7.65. The Bertz CT molecular complexity index is 1250. The first-order valence-electron chi connectivity index (χ1n) is 11.3. The van der Waals surface area contributed by atoms with Crippen molar-refractivity contribution in [2.75, 3.05) is 25.5 Å². The highest BCUT2D eigenvalue weighted by atomic mass is 32.2. The van der Waals surface area contributed by atoms with Crippen molar-refractivity contribution in [3.8, 4) is 17.2 Å². The first kappa shape index (κ1) is 24.9. The molecule has 188 valence electrons. The zero-order valence-corrected chi connectivity index (χ0v) is 21.2. The summed E-state index contributed by atoms with van der Waals surface area (Å²) in [6.45, 7) is 5.86. The molecule has 1 aliphatic rings. The number of nitrogens with one attached hydrogen (secondary N) is 1. The van der Waals surface area contributed by atoms with Crippen molar-refractivity contribution in [1.82, 2.24) is 24.7 Å². The Morgan fingerprint density at radius 3 is 2.34 bits per heavy atom. The molecule has 0 saturated carbocycles. The molecule has 0 spiro atoms. The SMILES string of the molecule is COc1cccc(OC)c1-n1c(NS(=O)(=O)C(C)C(C)c2ncc(C)cn2)nnc1[C@H]1CCCO1. The Morgan fingerprint density at radius 1 is 1.11 bits per heavy atom. The third-order valence-electron chi connectivity index (χ3n) is 6.17. The van der Waals surface area contributed by atoms with Gasteiger partial charge in [-0.3, -0.25) is 9.29 Å². The molecule has 3 atom stereocenters.